The standard InChI is InChI=1S/C14H17F4NO/c15-11-6-5-9(7-10(11)14(16,17)18)12(19)13(20)8-3-1-2-4-8/h5-8,12-13,20H,1-4,19H2/t12-,13+/m0/s1. The normalized spacial score (nSPS) is 20.1. The van der Waals surface area contributed by atoms with Gasteiger partial charge >= 0.3 is 6.18 Å². The fourth-order valence-electron chi connectivity index (χ4n) is 2.76. The molecule has 1 aliphatic rings. The monoisotopic (exact) mass is 291 g/mol. The quantitative estimate of drug-likeness (QED) is 0.838. The summed E-state index contributed by atoms with van der Waals surface area (Å²) < 4.78 is 51.2. The van der Waals surface area contributed by atoms with Gasteiger partial charge in [-0.3, -0.25) is 0 Å². The average Bonchev–Trinajstić information content (AvgIpc) is 2.90. The Bertz CT molecular complexity index is 469. The van der Waals surface area contributed by atoms with Gasteiger partial charge < -0.3 is 10.8 Å². The van der Waals surface area contributed by atoms with E-state index in [4.69, 9.17) is 5.73 Å². The van der Waals surface area contributed by atoms with E-state index in [1.807, 2.05) is 0 Å². The molecule has 1 aromatic rings. The minimum absolute atomic E-state index is 0.00406. The van der Waals surface area contributed by atoms with Crippen molar-refractivity contribution in [2.24, 2.45) is 11.7 Å². The first kappa shape index (κ1) is 15.3. The van der Waals surface area contributed by atoms with Crippen LogP contribution >= 0.6 is 0 Å². The Labute approximate surface area is 114 Å². The molecule has 2 nitrogen and oxygen atoms in total. The van der Waals surface area contributed by atoms with Gasteiger partial charge in [0.1, 0.15) is 5.82 Å². The fraction of sp³-hybridized carbons (Fsp3) is 0.571. The maximum absolute atomic E-state index is 13.2. The summed E-state index contributed by atoms with van der Waals surface area (Å²) in [6.45, 7) is 0. The second-order valence-electron chi connectivity index (χ2n) is 5.30. The van der Waals surface area contributed by atoms with Crippen LogP contribution in [0.5, 0.6) is 0 Å². The van der Waals surface area contributed by atoms with E-state index in [2.05, 4.69) is 0 Å². The SMILES string of the molecule is N[C@@H](c1ccc(F)c(C(F)(F)F)c1)[C@H](O)C1CCCC1. The maximum atomic E-state index is 13.2. The van der Waals surface area contributed by atoms with Gasteiger partial charge in [-0.25, -0.2) is 4.39 Å². The lowest BCUT2D eigenvalue weighted by molar-refractivity contribution is -0.140. The maximum Gasteiger partial charge on any atom is 0.419 e. The first-order valence-corrected chi connectivity index (χ1v) is 6.61. The molecule has 3 N–H and O–H groups in total. The Morgan fingerprint density at radius 1 is 1.20 bits per heavy atom. The lowest BCUT2D eigenvalue weighted by Crippen LogP contribution is -2.32. The molecule has 0 saturated heterocycles. The summed E-state index contributed by atoms with van der Waals surface area (Å²) in [5, 5.41) is 10.1. The van der Waals surface area contributed by atoms with Crippen LogP contribution in [0, 0.1) is 11.7 Å². The van der Waals surface area contributed by atoms with Crippen LogP contribution in [0.15, 0.2) is 18.2 Å². The lowest BCUT2D eigenvalue weighted by atomic mass is 9.90. The van der Waals surface area contributed by atoms with Gasteiger partial charge in [-0.15, -0.1) is 0 Å². The van der Waals surface area contributed by atoms with Crippen molar-refractivity contribution in [3.63, 3.8) is 0 Å². The molecule has 0 aromatic heterocycles. The lowest BCUT2D eigenvalue weighted by Gasteiger charge is -2.25. The zero-order valence-corrected chi connectivity index (χ0v) is 10.8. The van der Waals surface area contributed by atoms with Crippen LogP contribution in [-0.4, -0.2) is 11.2 Å². The first-order chi connectivity index (χ1) is 9.30. The van der Waals surface area contributed by atoms with Crippen LogP contribution in [0.2, 0.25) is 0 Å². The molecular weight excluding hydrogens is 274 g/mol. The molecule has 0 bridgehead atoms. The van der Waals surface area contributed by atoms with E-state index in [-0.39, 0.29) is 11.5 Å². The minimum Gasteiger partial charge on any atom is -0.391 e. The van der Waals surface area contributed by atoms with Crippen LogP contribution in [0.3, 0.4) is 0 Å². The highest BCUT2D eigenvalue weighted by Gasteiger charge is 2.36. The molecule has 6 heteroatoms. The summed E-state index contributed by atoms with van der Waals surface area (Å²) in [7, 11) is 0. The molecule has 1 saturated carbocycles. The van der Waals surface area contributed by atoms with Crippen molar-refractivity contribution in [2.75, 3.05) is 0 Å². The number of hydrogen-bond acceptors (Lipinski definition) is 2. The van der Waals surface area contributed by atoms with Gasteiger partial charge in [0.15, 0.2) is 0 Å². The smallest absolute Gasteiger partial charge is 0.391 e. The van der Waals surface area contributed by atoms with Crippen molar-refractivity contribution in [1.29, 1.82) is 0 Å². The van der Waals surface area contributed by atoms with Crippen LogP contribution in [-0.2, 0) is 6.18 Å². The third-order valence-corrected chi connectivity index (χ3v) is 3.93. The molecule has 1 fully saturated rings. The fourth-order valence-corrected chi connectivity index (χ4v) is 2.76. The van der Waals surface area contributed by atoms with Crippen molar-refractivity contribution >= 4 is 0 Å². The number of rotatable bonds is 3. The van der Waals surface area contributed by atoms with Crippen molar-refractivity contribution in [3.8, 4) is 0 Å². The molecule has 2 rings (SSSR count). The molecular formula is C14H17F4NO. The summed E-state index contributed by atoms with van der Waals surface area (Å²) in [4.78, 5) is 0. The van der Waals surface area contributed by atoms with Crippen LogP contribution < -0.4 is 5.73 Å². The minimum atomic E-state index is -4.77. The molecule has 1 aromatic carbocycles. The largest absolute Gasteiger partial charge is 0.419 e. The van der Waals surface area contributed by atoms with Gasteiger partial charge in [-0.05, 0) is 36.5 Å². The third-order valence-electron chi connectivity index (χ3n) is 3.93. The summed E-state index contributed by atoms with van der Waals surface area (Å²) in [5.41, 5.74) is 4.61. The predicted octanol–water partition coefficient (Wildman–Crippen LogP) is 3.40. The second kappa shape index (κ2) is 5.69. The van der Waals surface area contributed by atoms with Gasteiger partial charge in [-0.2, -0.15) is 13.2 Å². The Hall–Kier alpha value is -1.14. The van der Waals surface area contributed by atoms with Crippen molar-refractivity contribution < 1.29 is 22.7 Å². The van der Waals surface area contributed by atoms with Gasteiger partial charge in [0, 0.05) is 0 Å². The molecule has 0 spiro atoms. The molecule has 112 valence electrons. The number of alkyl halides is 3. The van der Waals surface area contributed by atoms with Gasteiger partial charge in [-0.1, -0.05) is 18.9 Å². The Balaban J connectivity index is 2.23. The molecule has 20 heavy (non-hydrogen) atoms. The van der Waals surface area contributed by atoms with Crippen LogP contribution in [0.1, 0.15) is 42.9 Å². The molecule has 0 unspecified atom stereocenters. The molecule has 0 heterocycles. The zero-order valence-electron chi connectivity index (χ0n) is 10.8. The van der Waals surface area contributed by atoms with Gasteiger partial charge in [0.25, 0.3) is 0 Å². The number of nitrogens with two attached hydrogens (primary N) is 1. The van der Waals surface area contributed by atoms with E-state index in [0.717, 1.165) is 31.7 Å². The highest BCUT2D eigenvalue weighted by molar-refractivity contribution is 5.30. The highest BCUT2D eigenvalue weighted by atomic mass is 19.4. The average molecular weight is 291 g/mol. The predicted molar refractivity (Wildman–Crippen MR) is 66.3 cm³/mol. The molecule has 0 amide bonds. The highest BCUT2D eigenvalue weighted by Crippen LogP contribution is 2.36. The van der Waals surface area contributed by atoms with E-state index in [1.165, 1.54) is 6.07 Å². The Morgan fingerprint density at radius 3 is 2.35 bits per heavy atom. The Morgan fingerprint density at radius 2 is 1.80 bits per heavy atom. The van der Waals surface area contributed by atoms with E-state index in [0.29, 0.717) is 6.07 Å². The topological polar surface area (TPSA) is 46.2 Å². The number of aliphatic hydroxyl groups is 1. The summed E-state index contributed by atoms with van der Waals surface area (Å²) in [5.74, 6) is -1.33. The third kappa shape index (κ3) is 3.12. The summed E-state index contributed by atoms with van der Waals surface area (Å²) in [6.07, 6.45) is -2.04. The molecule has 0 radical (unpaired) electrons. The summed E-state index contributed by atoms with van der Waals surface area (Å²) in [6, 6.07) is 1.71. The van der Waals surface area contributed by atoms with E-state index in [1.54, 1.807) is 0 Å². The van der Waals surface area contributed by atoms with E-state index >= 15 is 0 Å². The molecule has 0 aliphatic heterocycles. The second-order valence-corrected chi connectivity index (χ2v) is 5.30. The van der Waals surface area contributed by atoms with E-state index < -0.39 is 29.7 Å². The molecule has 2 atom stereocenters. The van der Waals surface area contributed by atoms with Crippen molar-refractivity contribution in [3.05, 3.63) is 35.1 Å². The number of aliphatic hydroxyl groups excluding tert-OH is 1. The van der Waals surface area contributed by atoms with Gasteiger partial charge in [0.2, 0.25) is 0 Å². The van der Waals surface area contributed by atoms with Crippen molar-refractivity contribution in [2.45, 2.75) is 44.0 Å². The van der Waals surface area contributed by atoms with E-state index in [9.17, 15) is 22.7 Å². The zero-order chi connectivity index (χ0) is 14.9. The first-order valence-electron chi connectivity index (χ1n) is 6.61. The number of hydrogen-bond donors (Lipinski definition) is 2. The Kier molecular flexibility index (Phi) is 4.34. The van der Waals surface area contributed by atoms with Crippen LogP contribution in [0.25, 0.3) is 0 Å². The van der Waals surface area contributed by atoms with Crippen LogP contribution in [0.4, 0.5) is 17.6 Å². The molecule has 1 aliphatic carbocycles. The number of halogens is 4. The van der Waals surface area contributed by atoms with Gasteiger partial charge in [0.05, 0.1) is 17.7 Å². The van der Waals surface area contributed by atoms with Crippen molar-refractivity contribution in [1.82, 2.24) is 0 Å². The summed E-state index contributed by atoms with van der Waals surface area (Å²) >= 11 is 0. The number of benzene rings is 1.